The van der Waals surface area contributed by atoms with Crippen LogP contribution in [0.5, 0.6) is 0 Å². The molecule has 1 rings (SSSR count). The van der Waals surface area contributed by atoms with Crippen LogP contribution in [0.2, 0.25) is 5.02 Å². The highest BCUT2D eigenvalue weighted by atomic mass is 35.5. The van der Waals surface area contributed by atoms with Crippen LogP contribution in [-0.2, 0) is 4.79 Å². The topological polar surface area (TPSA) is 97.1 Å². The third kappa shape index (κ3) is 4.28. The first kappa shape index (κ1) is 13.2. The molecule has 0 radical (unpaired) electrons. The van der Waals surface area contributed by atoms with Crippen molar-refractivity contribution in [2.24, 2.45) is 0 Å². The number of nitrogens with zero attached hydrogens (tertiary/aromatic N) is 1. The molecule has 0 aromatic carbocycles. The van der Waals surface area contributed by atoms with E-state index in [9.17, 15) is 9.59 Å². The number of carbonyl (C=O) groups excluding carboxylic acids is 2. The Bertz CT molecular complexity index is 436. The monoisotopic (exact) mass is 256 g/mol. The lowest BCUT2D eigenvalue weighted by Crippen LogP contribution is -2.33. The number of amides is 2. The molecular formula is C10H13ClN4O2. The van der Waals surface area contributed by atoms with Crippen LogP contribution in [0, 0.1) is 0 Å². The number of halogens is 1. The van der Waals surface area contributed by atoms with Crippen LogP contribution in [0.3, 0.4) is 0 Å². The van der Waals surface area contributed by atoms with E-state index in [1.807, 2.05) is 0 Å². The Balaban J connectivity index is 2.52. The van der Waals surface area contributed by atoms with Gasteiger partial charge in [0.1, 0.15) is 5.82 Å². The fraction of sp³-hybridized carbons (Fsp3) is 0.300. The van der Waals surface area contributed by atoms with Gasteiger partial charge in [-0.25, -0.2) is 4.98 Å². The van der Waals surface area contributed by atoms with Gasteiger partial charge < -0.3 is 16.4 Å². The number of nitrogens with one attached hydrogen (secondary N) is 2. The van der Waals surface area contributed by atoms with E-state index >= 15 is 0 Å². The quantitative estimate of drug-likeness (QED) is 0.670. The van der Waals surface area contributed by atoms with Gasteiger partial charge in [-0.15, -0.1) is 0 Å². The van der Waals surface area contributed by atoms with Gasteiger partial charge in [-0.05, 0) is 6.07 Å². The summed E-state index contributed by atoms with van der Waals surface area (Å²) in [6.07, 6.45) is 1.32. The van der Waals surface area contributed by atoms with E-state index in [4.69, 9.17) is 17.3 Å². The Morgan fingerprint density at radius 2 is 2.06 bits per heavy atom. The van der Waals surface area contributed by atoms with Crippen LogP contribution in [-0.4, -0.2) is 29.9 Å². The highest BCUT2D eigenvalue weighted by Crippen LogP contribution is 2.15. The Labute approximate surface area is 104 Å². The standard InChI is InChI=1S/C10H13ClN4O2/c1-6(16)13-2-3-14-10(17)7-4-9(12)15-5-8(7)11/h4-5H,2-3H2,1H3,(H2,12,15)(H,13,16)(H,14,17). The molecule has 0 bridgehead atoms. The molecule has 0 fully saturated rings. The van der Waals surface area contributed by atoms with Crippen molar-refractivity contribution in [3.05, 3.63) is 22.8 Å². The number of nitrogen functional groups attached to an aromatic ring is 1. The van der Waals surface area contributed by atoms with Crippen molar-refractivity contribution in [2.75, 3.05) is 18.8 Å². The van der Waals surface area contributed by atoms with Gasteiger partial charge in [-0.2, -0.15) is 0 Å². The fourth-order valence-electron chi connectivity index (χ4n) is 1.14. The average molecular weight is 257 g/mol. The van der Waals surface area contributed by atoms with Crippen molar-refractivity contribution in [3.63, 3.8) is 0 Å². The molecule has 0 aliphatic carbocycles. The van der Waals surface area contributed by atoms with E-state index in [0.717, 1.165) is 0 Å². The second-order valence-electron chi connectivity index (χ2n) is 3.33. The molecule has 0 saturated carbocycles. The van der Waals surface area contributed by atoms with Gasteiger partial charge >= 0.3 is 0 Å². The van der Waals surface area contributed by atoms with Gasteiger partial charge in [0.15, 0.2) is 0 Å². The summed E-state index contributed by atoms with van der Waals surface area (Å²) in [6, 6.07) is 1.40. The first-order valence-electron chi connectivity index (χ1n) is 4.94. The van der Waals surface area contributed by atoms with Crippen LogP contribution >= 0.6 is 11.6 Å². The SMILES string of the molecule is CC(=O)NCCNC(=O)c1cc(N)ncc1Cl. The van der Waals surface area contributed by atoms with Crippen molar-refractivity contribution in [3.8, 4) is 0 Å². The molecule has 0 saturated heterocycles. The highest BCUT2D eigenvalue weighted by Gasteiger charge is 2.10. The molecule has 0 atom stereocenters. The minimum absolute atomic E-state index is 0.148. The Kier molecular flexibility index (Phi) is 4.71. The summed E-state index contributed by atoms with van der Waals surface area (Å²) in [4.78, 5) is 26.0. The first-order chi connectivity index (χ1) is 8.00. The molecule has 2 amide bonds. The van der Waals surface area contributed by atoms with Crippen LogP contribution in [0.4, 0.5) is 5.82 Å². The lowest BCUT2D eigenvalue weighted by Gasteiger charge is -2.07. The number of carbonyl (C=O) groups is 2. The average Bonchev–Trinajstić information content (AvgIpc) is 2.27. The number of hydrogen-bond acceptors (Lipinski definition) is 4. The molecule has 6 nitrogen and oxygen atoms in total. The van der Waals surface area contributed by atoms with Crippen LogP contribution < -0.4 is 16.4 Å². The Morgan fingerprint density at radius 3 is 2.71 bits per heavy atom. The number of aromatic nitrogens is 1. The summed E-state index contributed by atoms with van der Waals surface area (Å²) in [5.74, 6) is -0.277. The first-order valence-corrected chi connectivity index (χ1v) is 5.32. The van der Waals surface area contributed by atoms with Gasteiger partial charge in [-0.1, -0.05) is 11.6 Å². The van der Waals surface area contributed by atoms with Gasteiger partial charge in [0.05, 0.1) is 10.6 Å². The van der Waals surface area contributed by atoms with Crippen LogP contribution in [0.15, 0.2) is 12.3 Å². The van der Waals surface area contributed by atoms with Crippen molar-refractivity contribution in [1.29, 1.82) is 0 Å². The van der Waals surface area contributed by atoms with Crippen molar-refractivity contribution >= 4 is 29.2 Å². The van der Waals surface area contributed by atoms with E-state index in [0.29, 0.717) is 13.1 Å². The summed E-state index contributed by atoms with van der Waals surface area (Å²) in [5, 5.41) is 5.39. The van der Waals surface area contributed by atoms with Gasteiger partial charge in [0.25, 0.3) is 5.91 Å². The summed E-state index contributed by atoms with van der Waals surface area (Å²) < 4.78 is 0. The molecule has 0 unspecified atom stereocenters. The molecule has 1 aromatic heterocycles. The number of pyridine rings is 1. The largest absolute Gasteiger partial charge is 0.384 e. The van der Waals surface area contributed by atoms with Gasteiger partial charge in [0, 0.05) is 26.2 Å². The summed E-state index contributed by atoms with van der Waals surface area (Å²) >= 11 is 5.81. The van der Waals surface area contributed by atoms with Gasteiger partial charge in [-0.3, -0.25) is 9.59 Å². The van der Waals surface area contributed by atoms with Crippen molar-refractivity contribution in [2.45, 2.75) is 6.92 Å². The number of rotatable bonds is 4. The van der Waals surface area contributed by atoms with Crippen molar-refractivity contribution < 1.29 is 9.59 Å². The van der Waals surface area contributed by atoms with Gasteiger partial charge in [0.2, 0.25) is 5.91 Å². The number of hydrogen-bond donors (Lipinski definition) is 3. The lowest BCUT2D eigenvalue weighted by molar-refractivity contribution is -0.118. The lowest BCUT2D eigenvalue weighted by atomic mass is 10.2. The zero-order valence-corrected chi connectivity index (χ0v) is 10.0. The minimum Gasteiger partial charge on any atom is -0.384 e. The molecular weight excluding hydrogens is 244 g/mol. The predicted octanol–water partition coefficient (Wildman–Crippen LogP) is 0.183. The van der Waals surface area contributed by atoms with E-state index in [2.05, 4.69) is 15.6 Å². The summed E-state index contributed by atoms with van der Waals surface area (Å²) in [5.41, 5.74) is 5.72. The normalized spacial score (nSPS) is 9.76. The maximum absolute atomic E-state index is 11.7. The second kappa shape index (κ2) is 6.05. The molecule has 0 aliphatic rings. The third-order valence-electron chi connectivity index (χ3n) is 1.91. The fourth-order valence-corrected chi connectivity index (χ4v) is 1.33. The molecule has 4 N–H and O–H groups in total. The predicted molar refractivity (Wildman–Crippen MR) is 64.7 cm³/mol. The zero-order chi connectivity index (χ0) is 12.8. The summed E-state index contributed by atoms with van der Waals surface area (Å²) in [7, 11) is 0. The minimum atomic E-state index is -0.352. The molecule has 1 aromatic rings. The maximum Gasteiger partial charge on any atom is 0.253 e. The highest BCUT2D eigenvalue weighted by molar-refractivity contribution is 6.33. The van der Waals surface area contributed by atoms with E-state index in [1.165, 1.54) is 19.2 Å². The molecule has 17 heavy (non-hydrogen) atoms. The molecule has 1 heterocycles. The maximum atomic E-state index is 11.7. The Hall–Kier alpha value is -1.82. The Morgan fingerprint density at radius 1 is 1.41 bits per heavy atom. The molecule has 0 aliphatic heterocycles. The molecule has 7 heteroatoms. The van der Waals surface area contributed by atoms with E-state index < -0.39 is 0 Å². The van der Waals surface area contributed by atoms with Crippen LogP contribution in [0.25, 0.3) is 0 Å². The second-order valence-corrected chi connectivity index (χ2v) is 3.74. The zero-order valence-electron chi connectivity index (χ0n) is 9.29. The third-order valence-corrected chi connectivity index (χ3v) is 2.21. The van der Waals surface area contributed by atoms with E-state index in [-0.39, 0.29) is 28.2 Å². The molecule has 0 spiro atoms. The number of nitrogens with two attached hydrogens (primary N) is 1. The van der Waals surface area contributed by atoms with Crippen molar-refractivity contribution in [1.82, 2.24) is 15.6 Å². The smallest absolute Gasteiger partial charge is 0.253 e. The molecule has 92 valence electrons. The number of anilines is 1. The van der Waals surface area contributed by atoms with E-state index in [1.54, 1.807) is 0 Å². The summed E-state index contributed by atoms with van der Waals surface area (Å²) in [6.45, 7) is 2.08. The van der Waals surface area contributed by atoms with Crippen LogP contribution in [0.1, 0.15) is 17.3 Å².